The third-order valence-corrected chi connectivity index (χ3v) is 4.61. The Bertz CT molecular complexity index is 935. The zero-order chi connectivity index (χ0) is 22.3. The molecule has 0 aromatic heterocycles. The fourth-order valence-corrected chi connectivity index (χ4v) is 3.10. The van der Waals surface area contributed by atoms with Crippen molar-refractivity contribution in [1.82, 2.24) is 10.6 Å². The first-order valence-electron chi connectivity index (χ1n) is 10.6. The Morgan fingerprint density at radius 1 is 1.06 bits per heavy atom. The molecule has 0 saturated heterocycles. The van der Waals surface area contributed by atoms with Gasteiger partial charge in [0.2, 0.25) is 5.91 Å². The number of hydrogen-bond acceptors (Lipinski definition) is 4. The number of ether oxygens (including phenoxy) is 2. The van der Waals surface area contributed by atoms with Crippen molar-refractivity contribution < 1.29 is 14.3 Å². The van der Waals surface area contributed by atoms with Crippen molar-refractivity contribution in [2.45, 2.75) is 46.2 Å². The van der Waals surface area contributed by atoms with Crippen molar-refractivity contribution >= 4 is 17.6 Å². The first-order chi connectivity index (χ1) is 14.8. The van der Waals surface area contributed by atoms with Gasteiger partial charge in [0.15, 0.2) is 17.5 Å². The lowest BCUT2D eigenvalue weighted by Gasteiger charge is -2.21. The van der Waals surface area contributed by atoms with Gasteiger partial charge < -0.3 is 25.4 Å². The summed E-state index contributed by atoms with van der Waals surface area (Å²) in [7, 11) is 0. The molecule has 1 aliphatic heterocycles. The molecule has 3 rings (SSSR count). The summed E-state index contributed by atoms with van der Waals surface area (Å²) in [4.78, 5) is 17.0. The maximum Gasteiger partial charge on any atom is 0.239 e. The number of anilines is 1. The lowest BCUT2D eigenvalue weighted by Crippen LogP contribution is -2.46. The van der Waals surface area contributed by atoms with Crippen LogP contribution in [0.2, 0.25) is 0 Å². The Morgan fingerprint density at radius 3 is 2.55 bits per heavy atom. The quantitative estimate of drug-likeness (QED) is 0.504. The lowest BCUT2D eigenvalue weighted by molar-refractivity contribution is -0.121. The number of rotatable bonds is 5. The zero-order valence-corrected chi connectivity index (χ0v) is 18.7. The number of nitrogens with zero attached hydrogens (tertiary/aromatic N) is 1. The standard InChI is InChI=1S/C24H32N4O3/c1-17-8-5-6-9-18(17)15-25-23(26-16-22(29)28-24(2,3)4)27-19-10-11-20-21(14-19)31-13-7-12-30-20/h5-6,8-11,14H,7,12-13,15-16H2,1-4H3,(H,28,29)(H2,25,26,27). The summed E-state index contributed by atoms with van der Waals surface area (Å²) < 4.78 is 11.5. The molecule has 0 spiro atoms. The molecule has 0 aliphatic carbocycles. The van der Waals surface area contributed by atoms with E-state index < -0.39 is 0 Å². The molecule has 0 saturated carbocycles. The van der Waals surface area contributed by atoms with Gasteiger partial charge in [0.05, 0.1) is 26.3 Å². The van der Waals surface area contributed by atoms with Crippen LogP contribution < -0.4 is 25.4 Å². The second-order valence-electron chi connectivity index (χ2n) is 8.58. The molecule has 1 heterocycles. The highest BCUT2D eigenvalue weighted by atomic mass is 16.5. The number of aliphatic imine (C=N–C) groups is 1. The van der Waals surface area contributed by atoms with Crippen LogP contribution in [0.3, 0.4) is 0 Å². The highest BCUT2D eigenvalue weighted by molar-refractivity contribution is 5.96. The summed E-state index contributed by atoms with van der Waals surface area (Å²) in [5.41, 5.74) is 2.81. The number of carbonyl (C=O) groups is 1. The Labute approximate surface area is 184 Å². The number of fused-ring (bicyclic) bond motifs is 1. The van der Waals surface area contributed by atoms with Crippen LogP contribution in [0.1, 0.15) is 38.3 Å². The van der Waals surface area contributed by atoms with Crippen LogP contribution in [0, 0.1) is 6.92 Å². The van der Waals surface area contributed by atoms with E-state index >= 15 is 0 Å². The molecule has 7 nitrogen and oxygen atoms in total. The van der Waals surface area contributed by atoms with Crippen LogP contribution in [-0.2, 0) is 11.3 Å². The smallest absolute Gasteiger partial charge is 0.239 e. The summed E-state index contributed by atoms with van der Waals surface area (Å²) in [5.74, 6) is 1.85. The van der Waals surface area contributed by atoms with Gasteiger partial charge in [-0.15, -0.1) is 0 Å². The summed E-state index contributed by atoms with van der Waals surface area (Å²) in [6, 6.07) is 13.8. The van der Waals surface area contributed by atoms with Crippen molar-refractivity contribution in [1.29, 1.82) is 0 Å². The predicted octanol–water partition coefficient (Wildman–Crippen LogP) is 3.63. The number of nitrogens with one attached hydrogen (secondary N) is 3. The van der Waals surface area contributed by atoms with Crippen LogP contribution in [0.4, 0.5) is 5.69 Å². The zero-order valence-electron chi connectivity index (χ0n) is 18.7. The van der Waals surface area contributed by atoms with E-state index in [0.717, 1.165) is 23.4 Å². The van der Waals surface area contributed by atoms with Gasteiger partial charge in [-0.05, 0) is 51.0 Å². The molecule has 0 radical (unpaired) electrons. The van der Waals surface area contributed by atoms with Crippen LogP contribution in [0.5, 0.6) is 11.5 Å². The number of guanidine groups is 1. The fourth-order valence-electron chi connectivity index (χ4n) is 3.10. The topological polar surface area (TPSA) is 84.0 Å². The highest BCUT2D eigenvalue weighted by Gasteiger charge is 2.15. The average molecular weight is 425 g/mol. The van der Waals surface area contributed by atoms with Crippen molar-refractivity contribution in [3.63, 3.8) is 0 Å². The van der Waals surface area contributed by atoms with E-state index in [9.17, 15) is 4.79 Å². The molecule has 0 bridgehead atoms. The van der Waals surface area contributed by atoms with Gasteiger partial charge in [-0.3, -0.25) is 4.79 Å². The summed E-state index contributed by atoms with van der Waals surface area (Å²) in [6.07, 6.45) is 0.852. The molecule has 166 valence electrons. The number of aryl methyl sites for hydroxylation is 1. The molecular weight excluding hydrogens is 392 g/mol. The van der Waals surface area contributed by atoms with E-state index in [2.05, 4.69) is 35.0 Å². The number of benzene rings is 2. The lowest BCUT2D eigenvalue weighted by atomic mass is 10.1. The molecule has 2 aromatic carbocycles. The third kappa shape index (κ3) is 7.20. The van der Waals surface area contributed by atoms with Crippen molar-refractivity contribution in [2.75, 3.05) is 25.1 Å². The average Bonchev–Trinajstić information content (AvgIpc) is 2.95. The normalized spacial score (nSPS) is 13.9. The SMILES string of the molecule is Cc1ccccc1CN=C(NCC(=O)NC(C)(C)C)Nc1ccc2c(c1)OCCCO2. The predicted molar refractivity (Wildman–Crippen MR) is 124 cm³/mol. The molecule has 0 atom stereocenters. The van der Waals surface area contributed by atoms with Gasteiger partial charge in [-0.1, -0.05) is 24.3 Å². The largest absolute Gasteiger partial charge is 0.490 e. The maximum absolute atomic E-state index is 12.3. The maximum atomic E-state index is 12.3. The second kappa shape index (κ2) is 10.2. The van der Waals surface area contributed by atoms with Crippen LogP contribution in [-0.4, -0.2) is 37.2 Å². The van der Waals surface area contributed by atoms with Gasteiger partial charge in [0.1, 0.15) is 0 Å². The first kappa shape index (κ1) is 22.5. The Kier molecular flexibility index (Phi) is 7.39. The highest BCUT2D eigenvalue weighted by Crippen LogP contribution is 2.32. The molecule has 0 unspecified atom stereocenters. The molecule has 31 heavy (non-hydrogen) atoms. The van der Waals surface area contributed by atoms with Gasteiger partial charge >= 0.3 is 0 Å². The number of hydrogen-bond donors (Lipinski definition) is 3. The van der Waals surface area contributed by atoms with E-state index in [1.165, 1.54) is 5.56 Å². The van der Waals surface area contributed by atoms with E-state index in [1.807, 2.05) is 51.1 Å². The molecular formula is C24H32N4O3. The minimum Gasteiger partial charge on any atom is -0.490 e. The monoisotopic (exact) mass is 424 g/mol. The molecule has 3 N–H and O–H groups in total. The van der Waals surface area contributed by atoms with Crippen molar-refractivity contribution in [3.8, 4) is 11.5 Å². The molecule has 2 aromatic rings. The molecule has 1 amide bonds. The van der Waals surface area contributed by atoms with E-state index in [-0.39, 0.29) is 18.0 Å². The molecule has 1 aliphatic rings. The minimum absolute atomic E-state index is 0.100. The van der Waals surface area contributed by atoms with E-state index in [0.29, 0.717) is 31.5 Å². The van der Waals surface area contributed by atoms with E-state index in [1.54, 1.807) is 0 Å². The summed E-state index contributed by atoms with van der Waals surface area (Å²) in [5, 5.41) is 9.36. The van der Waals surface area contributed by atoms with Crippen LogP contribution in [0.15, 0.2) is 47.5 Å². The first-order valence-corrected chi connectivity index (χ1v) is 10.6. The van der Waals surface area contributed by atoms with Gasteiger partial charge in [-0.25, -0.2) is 4.99 Å². The molecule has 7 heteroatoms. The van der Waals surface area contributed by atoms with E-state index in [4.69, 9.17) is 14.5 Å². The van der Waals surface area contributed by atoms with Gasteiger partial charge in [-0.2, -0.15) is 0 Å². The Hall–Kier alpha value is -3.22. The van der Waals surface area contributed by atoms with Crippen molar-refractivity contribution in [2.24, 2.45) is 4.99 Å². The van der Waals surface area contributed by atoms with Crippen LogP contribution in [0.25, 0.3) is 0 Å². The summed E-state index contributed by atoms with van der Waals surface area (Å²) in [6.45, 7) is 9.79. The minimum atomic E-state index is -0.293. The van der Waals surface area contributed by atoms with Crippen molar-refractivity contribution in [3.05, 3.63) is 53.6 Å². The summed E-state index contributed by atoms with van der Waals surface area (Å²) >= 11 is 0. The van der Waals surface area contributed by atoms with Gasteiger partial charge in [0, 0.05) is 23.7 Å². The van der Waals surface area contributed by atoms with Crippen LogP contribution >= 0.6 is 0 Å². The number of amides is 1. The Balaban J connectivity index is 1.75. The van der Waals surface area contributed by atoms with Gasteiger partial charge in [0.25, 0.3) is 0 Å². The molecule has 0 fully saturated rings. The second-order valence-corrected chi connectivity index (χ2v) is 8.58. The number of carbonyl (C=O) groups excluding carboxylic acids is 1. The third-order valence-electron chi connectivity index (χ3n) is 4.61. The fraction of sp³-hybridized carbons (Fsp3) is 0.417. The Morgan fingerprint density at radius 2 is 1.81 bits per heavy atom.